The fourth-order valence-corrected chi connectivity index (χ4v) is 1.74. The van der Waals surface area contributed by atoms with E-state index >= 15 is 0 Å². The molecule has 0 aliphatic heterocycles. The zero-order chi connectivity index (χ0) is 15.2. The average Bonchev–Trinajstić information content (AvgIpc) is 2.91. The van der Waals surface area contributed by atoms with Gasteiger partial charge in [0.15, 0.2) is 6.61 Å². The lowest BCUT2D eigenvalue weighted by Crippen LogP contribution is -2.33. The molecule has 21 heavy (non-hydrogen) atoms. The third-order valence-corrected chi connectivity index (χ3v) is 2.80. The fraction of sp³-hybridized carbons (Fsp3) is 0.385. The maximum atomic E-state index is 11.3. The van der Waals surface area contributed by atoms with Gasteiger partial charge < -0.3 is 15.2 Å². The number of carbonyl (C=O) groups excluding carboxylic acids is 1. The molecule has 0 radical (unpaired) electrons. The van der Waals surface area contributed by atoms with Crippen LogP contribution >= 0.6 is 0 Å². The van der Waals surface area contributed by atoms with Crippen LogP contribution in [0.5, 0.6) is 5.75 Å². The molecule has 0 spiro atoms. The number of methoxy groups -OCH3 is 1. The Kier molecular flexibility index (Phi) is 4.83. The molecule has 0 bridgehead atoms. The number of aromatic nitrogens is 4. The number of nitrogens with two attached hydrogens (primary N) is 1. The summed E-state index contributed by atoms with van der Waals surface area (Å²) in [7, 11) is 3.01. The molecule has 112 valence electrons. The number of esters is 1. The van der Waals surface area contributed by atoms with Gasteiger partial charge in [-0.2, -0.15) is 4.80 Å². The van der Waals surface area contributed by atoms with Gasteiger partial charge >= 0.3 is 5.97 Å². The smallest absolute Gasteiger partial charge is 0.322 e. The van der Waals surface area contributed by atoms with Crippen molar-refractivity contribution in [3.63, 3.8) is 0 Å². The van der Waals surface area contributed by atoms with Crippen molar-refractivity contribution in [2.75, 3.05) is 7.11 Å². The van der Waals surface area contributed by atoms with E-state index < -0.39 is 12.0 Å². The first-order valence-electron chi connectivity index (χ1n) is 6.36. The van der Waals surface area contributed by atoms with Crippen molar-refractivity contribution < 1.29 is 14.3 Å². The van der Waals surface area contributed by atoms with Crippen LogP contribution in [0.4, 0.5) is 0 Å². The number of aryl methyl sites for hydroxylation is 1. The minimum Gasteiger partial charge on any atom is -0.485 e. The zero-order valence-corrected chi connectivity index (χ0v) is 11.9. The SMILES string of the molecule is COC(=O)C(N)Cc1ccc(OCc2nnn(C)n2)cc1. The standard InChI is InChI=1S/C13H17N5O3/c1-18-16-12(15-17-18)8-21-10-5-3-9(4-6-10)7-11(14)13(19)20-2/h3-6,11H,7-8,14H2,1-2H3. The van der Waals surface area contributed by atoms with Crippen molar-refractivity contribution in [2.45, 2.75) is 19.1 Å². The van der Waals surface area contributed by atoms with Crippen LogP contribution in [0, 0.1) is 0 Å². The molecule has 0 aliphatic carbocycles. The maximum Gasteiger partial charge on any atom is 0.322 e. The molecule has 1 aromatic heterocycles. The molecule has 1 heterocycles. The third-order valence-electron chi connectivity index (χ3n) is 2.80. The Morgan fingerprint density at radius 2 is 2.10 bits per heavy atom. The normalized spacial score (nSPS) is 12.0. The topological polar surface area (TPSA) is 105 Å². The van der Waals surface area contributed by atoms with Crippen LogP contribution in [-0.2, 0) is 29.6 Å². The minimum atomic E-state index is -0.662. The van der Waals surface area contributed by atoms with E-state index in [0.29, 0.717) is 18.0 Å². The van der Waals surface area contributed by atoms with E-state index in [-0.39, 0.29) is 6.61 Å². The highest BCUT2D eigenvalue weighted by atomic mass is 16.5. The lowest BCUT2D eigenvalue weighted by molar-refractivity contribution is -0.142. The minimum absolute atomic E-state index is 0.245. The monoisotopic (exact) mass is 291 g/mol. The second kappa shape index (κ2) is 6.80. The number of carbonyl (C=O) groups is 1. The summed E-state index contributed by atoms with van der Waals surface area (Å²) in [6, 6.07) is 6.64. The summed E-state index contributed by atoms with van der Waals surface area (Å²) < 4.78 is 10.1. The molecule has 8 heteroatoms. The molecular weight excluding hydrogens is 274 g/mol. The van der Waals surface area contributed by atoms with Crippen molar-refractivity contribution in [1.29, 1.82) is 0 Å². The van der Waals surface area contributed by atoms with Gasteiger partial charge in [-0.05, 0) is 29.3 Å². The van der Waals surface area contributed by atoms with E-state index in [1.165, 1.54) is 11.9 Å². The fourth-order valence-electron chi connectivity index (χ4n) is 1.74. The molecule has 0 fully saturated rings. The number of ether oxygens (including phenoxy) is 2. The summed E-state index contributed by atoms with van der Waals surface area (Å²) >= 11 is 0. The number of hydrogen-bond donors (Lipinski definition) is 1. The van der Waals surface area contributed by atoms with Crippen LogP contribution in [0.15, 0.2) is 24.3 Å². The highest BCUT2D eigenvalue weighted by molar-refractivity contribution is 5.75. The maximum absolute atomic E-state index is 11.3. The molecule has 0 aliphatic rings. The number of benzene rings is 1. The van der Waals surface area contributed by atoms with Gasteiger partial charge in [-0.1, -0.05) is 12.1 Å². The summed E-state index contributed by atoms with van der Waals surface area (Å²) in [5.74, 6) is 0.760. The van der Waals surface area contributed by atoms with E-state index in [2.05, 4.69) is 20.1 Å². The summed E-state index contributed by atoms with van der Waals surface area (Å²) in [6.07, 6.45) is 0.415. The first kappa shape index (κ1) is 14.9. The van der Waals surface area contributed by atoms with Crippen molar-refractivity contribution in [3.05, 3.63) is 35.7 Å². The highest BCUT2D eigenvalue weighted by Crippen LogP contribution is 2.14. The molecular formula is C13H17N5O3. The number of nitrogens with zero attached hydrogens (tertiary/aromatic N) is 4. The second-order valence-electron chi connectivity index (χ2n) is 4.46. The van der Waals surface area contributed by atoms with Crippen LogP contribution in [0.1, 0.15) is 11.4 Å². The first-order chi connectivity index (χ1) is 10.1. The van der Waals surface area contributed by atoms with Crippen molar-refractivity contribution in [2.24, 2.45) is 12.8 Å². The molecule has 0 saturated heterocycles. The molecule has 2 aromatic rings. The summed E-state index contributed by atoms with van der Waals surface area (Å²) in [5.41, 5.74) is 6.63. The predicted octanol–water partition coefficient (Wildman–Crippen LogP) is -0.168. The van der Waals surface area contributed by atoms with Crippen LogP contribution in [0.25, 0.3) is 0 Å². The molecule has 2 rings (SSSR count). The molecule has 8 nitrogen and oxygen atoms in total. The Balaban J connectivity index is 1.88. The van der Waals surface area contributed by atoms with Crippen molar-refractivity contribution in [1.82, 2.24) is 20.2 Å². The Morgan fingerprint density at radius 3 is 2.67 bits per heavy atom. The van der Waals surface area contributed by atoms with Gasteiger partial charge in [-0.25, -0.2) is 0 Å². The Hall–Kier alpha value is -2.48. The van der Waals surface area contributed by atoms with Gasteiger partial charge in [0.05, 0.1) is 14.2 Å². The molecule has 0 saturated carbocycles. The predicted molar refractivity (Wildman–Crippen MR) is 73.3 cm³/mol. The molecule has 1 atom stereocenters. The molecule has 1 aromatic carbocycles. The number of tetrazole rings is 1. The quantitative estimate of drug-likeness (QED) is 0.737. The van der Waals surface area contributed by atoms with Crippen molar-refractivity contribution >= 4 is 5.97 Å². The van der Waals surface area contributed by atoms with Gasteiger partial charge in [0.2, 0.25) is 5.82 Å². The number of rotatable bonds is 6. The van der Waals surface area contributed by atoms with E-state index in [9.17, 15) is 4.79 Å². The van der Waals surface area contributed by atoms with E-state index in [1.807, 2.05) is 12.1 Å². The number of hydrogen-bond acceptors (Lipinski definition) is 7. The second-order valence-corrected chi connectivity index (χ2v) is 4.46. The van der Waals surface area contributed by atoms with Crippen LogP contribution < -0.4 is 10.5 Å². The molecule has 0 amide bonds. The molecule has 1 unspecified atom stereocenters. The lowest BCUT2D eigenvalue weighted by Gasteiger charge is -2.10. The van der Waals surface area contributed by atoms with Crippen LogP contribution in [0.3, 0.4) is 0 Å². The van der Waals surface area contributed by atoms with Crippen LogP contribution in [-0.4, -0.2) is 39.3 Å². The summed E-state index contributed by atoms with van der Waals surface area (Å²) in [4.78, 5) is 12.6. The van der Waals surface area contributed by atoms with E-state index in [1.54, 1.807) is 19.2 Å². The van der Waals surface area contributed by atoms with E-state index in [4.69, 9.17) is 10.5 Å². The summed E-state index contributed by atoms with van der Waals surface area (Å²) in [5, 5.41) is 11.6. The third kappa shape index (κ3) is 4.25. The van der Waals surface area contributed by atoms with Gasteiger partial charge in [-0.15, -0.1) is 10.2 Å². The lowest BCUT2D eigenvalue weighted by atomic mass is 10.1. The van der Waals surface area contributed by atoms with Crippen molar-refractivity contribution in [3.8, 4) is 5.75 Å². The van der Waals surface area contributed by atoms with Gasteiger partial charge in [0.25, 0.3) is 0 Å². The Morgan fingerprint density at radius 1 is 1.38 bits per heavy atom. The first-order valence-corrected chi connectivity index (χ1v) is 6.36. The Labute approximate surface area is 121 Å². The van der Waals surface area contributed by atoms with Gasteiger partial charge in [0, 0.05) is 0 Å². The van der Waals surface area contributed by atoms with Crippen LogP contribution in [0.2, 0.25) is 0 Å². The summed E-state index contributed by atoms with van der Waals surface area (Å²) in [6.45, 7) is 0.245. The average molecular weight is 291 g/mol. The van der Waals surface area contributed by atoms with E-state index in [0.717, 1.165) is 5.56 Å². The zero-order valence-electron chi connectivity index (χ0n) is 11.9. The van der Waals surface area contributed by atoms with Gasteiger partial charge in [-0.3, -0.25) is 4.79 Å². The highest BCUT2D eigenvalue weighted by Gasteiger charge is 2.14. The Bertz CT molecular complexity index is 596. The van der Waals surface area contributed by atoms with Gasteiger partial charge in [0.1, 0.15) is 11.8 Å². The molecule has 2 N–H and O–H groups in total. The largest absolute Gasteiger partial charge is 0.485 e.